The maximum atomic E-state index is 12.2. The third kappa shape index (κ3) is 3.10. The first kappa shape index (κ1) is 16.3. The van der Waals surface area contributed by atoms with Crippen LogP contribution >= 0.6 is 0 Å². The molecule has 23 heavy (non-hydrogen) atoms. The molecule has 1 N–H and O–H groups in total. The van der Waals surface area contributed by atoms with Gasteiger partial charge >= 0.3 is 12.1 Å². The molecule has 4 saturated carbocycles. The molecule has 4 fully saturated rings. The number of rotatable bonds is 6. The van der Waals surface area contributed by atoms with Crippen molar-refractivity contribution in [2.24, 2.45) is 23.7 Å². The van der Waals surface area contributed by atoms with Gasteiger partial charge in [0.25, 0.3) is 0 Å². The minimum absolute atomic E-state index is 0.135. The first-order valence-corrected chi connectivity index (χ1v) is 8.83. The van der Waals surface area contributed by atoms with Crippen LogP contribution < -0.4 is 5.32 Å². The lowest BCUT2D eigenvalue weighted by atomic mass is 9.49. The molecule has 0 aromatic rings. The van der Waals surface area contributed by atoms with Crippen molar-refractivity contribution >= 4 is 12.1 Å². The van der Waals surface area contributed by atoms with E-state index in [1.54, 1.807) is 0 Å². The minimum atomic E-state index is -0.480. The number of esters is 1. The van der Waals surface area contributed by atoms with Gasteiger partial charge in [0.15, 0.2) is 0 Å². The van der Waals surface area contributed by atoms with E-state index >= 15 is 0 Å². The van der Waals surface area contributed by atoms with E-state index in [2.05, 4.69) is 18.8 Å². The van der Waals surface area contributed by atoms with E-state index in [9.17, 15) is 9.59 Å². The van der Waals surface area contributed by atoms with Crippen LogP contribution in [-0.4, -0.2) is 30.8 Å². The Morgan fingerprint density at radius 2 is 1.78 bits per heavy atom. The Bertz CT molecular complexity index is 459. The van der Waals surface area contributed by atoms with Crippen LogP contribution in [0.3, 0.4) is 0 Å². The minimum Gasteiger partial charge on any atom is -0.461 e. The van der Waals surface area contributed by atoms with E-state index in [4.69, 9.17) is 9.47 Å². The smallest absolute Gasteiger partial charge is 0.407 e. The highest BCUT2D eigenvalue weighted by Gasteiger charge is 2.58. The number of carbonyl (C=O) groups is 2. The standard InChI is InChI=1S/C18H27NO4/c1-3-16(20)22-6-5-19-17(21)23-18(4-2)14-8-12-7-13(10-14)11-15(18)9-12/h3,12-15H,1,4-11H2,2H3,(H,19,21). The average Bonchev–Trinajstić information content (AvgIpc) is 2.54. The van der Waals surface area contributed by atoms with Crippen LogP contribution in [0.2, 0.25) is 0 Å². The van der Waals surface area contributed by atoms with Crippen molar-refractivity contribution in [2.75, 3.05) is 13.2 Å². The molecule has 1 amide bonds. The summed E-state index contributed by atoms with van der Waals surface area (Å²) in [7, 11) is 0. The van der Waals surface area contributed by atoms with Crippen molar-refractivity contribution in [3.63, 3.8) is 0 Å². The molecular formula is C18H27NO4. The molecule has 0 saturated heterocycles. The second-order valence-corrected chi connectivity index (χ2v) is 7.30. The van der Waals surface area contributed by atoms with Crippen molar-refractivity contribution in [2.45, 2.75) is 51.0 Å². The largest absolute Gasteiger partial charge is 0.461 e. The molecule has 0 heterocycles. The number of nitrogens with one attached hydrogen (secondary N) is 1. The van der Waals surface area contributed by atoms with Gasteiger partial charge < -0.3 is 14.8 Å². The summed E-state index contributed by atoms with van der Waals surface area (Å²) in [5.74, 6) is 2.26. The quantitative estimate of drug-likeness (QED) is 0.464. The molecule has 4 aliphatic rings. The molecule has 5 heteroatoms. The summed E-state index contributed by atoms with van der Waals surface area (Å²) in [5, 5.41) is 2.71. The van der Waals surface area contributed by atoms with E-state index in [-0.39, 0.29) is 24.8 Å². The summed E-state index contributed by atoms with van der Waals surface area (Å²) in [5.41, 5.74) is -0.282. The molecule has 4 bridgehead atoms. The molecular weight excluding hydrogens is 294 g/mol. The van der Waals surface area contributed by atoms with E-state index in [0.29, 0.717) is 11.8 Å². The molecule has 128 valence electrons. The predicted molar refractivity (Wildman–Crippen MR) is 85.7 cm³/mol. The van der Waals surface area contributed by atoms with Gasteiger partial charge in [-0.25, -0.2) is 9.59 Å². The highest BCUT2D eigenvalue weighted by Crippen LogP contribution is 2.60. The van der Waals surface area contributed by atoms with Crippen molar-refractivity contribution in [3.05, 3.63) is 12.7 Å². The zero-order valence-electron chi connectivity index (χ0n) is 13.9. The number of alkyl carbamates (subject to hydrolysis) is 1. The first-order valence-electron chi connectivity index (χ1n) is 8.83. The SMILES string of the molecule is C=CC(=O)OCCNC(=O)OC1(CC)C2CC3CC(C2)CC1C3. The number of amides is 1. The topological polar surface area (TPSA) is 64.6 Å². The van der Waals surface area contributed by atoms with Crippen molar-refractivity contribution in [1.29, 1.82) is 0 Å². The predicted octanol–water partition coefficient (Wildman–Crippen LogP) is 3.05. The fraction of sp³-hybridized carbons (Fsp3) is 0.778. The van der Waals surface area contributed by atoms with Crippen LogP contribution in [0.15, 0.2) is 12.7 Å². The van der Waals surface area contributed by atoms with Gasteiger partial charge in [0.05, 0.1) is 6.54 Å². The normalized spacial score (nSPS) is 37.3. The summed E-state index contributed by atoms with van der Waals surface area (Å²) in [6.07, 6.45) is 7.86. The summed E-state index contributed by atoms with van der Waals surface area (Å²) < 4.78 is 10.8. The zero-order valence-corrected chi connectivity index (χ0v) is 13.9. The van der Waals surface area contributed by atoms with Crippen LogP contribution in [0, 0.1) is 23.7 Å². The van der Waals surface area contributed by atoms with Crippen LogP contribution in [-0.2, 0) is 14.3 Å². The summed E-state index contributed by atoms with van der Waals surface area (Å²) >= 11 is 0. The second kappa shape index (κ2) is 6.54. The van der Waals surface area contributed by atoms with Crippen LogP contribution in [0.25, 0.3) is 0 Å². The summed E-state index contributed by atoms with van der Waals surface area (Å²) in [6.45, 7) is 5.87. The monoisotopic (exact) mass is 321 g/mol. The number of hydrogen-bond acceptors (Lipinski definition) is 4. The maximum absolute atomic E-state index is 12.2. The number of ether oxygens (including phenoxy) is 2. The molecule has 0 atom stereocenters. The average molecular weight is 321 g/mol. The molecule has 0 unspecified atom stereocenters. The number of carbonyl (C=O) groups excluding carboxylic acids is 2. The van der Waals surface area contributed by atoms with E-state index in [1.165, 1.54) is 32.1 Å². The Hall–Kier alpha value is -1.52. The highest BCUT2D eigenvalue weighted by atomic mass is 16.6. The van der Waals surface area contributed by atoms with Crippen molar-refractivity contribution in [1.82, 2.24) is 5.32 Å². The van der Waals surface area contributed by atoms with Crippen LogP contribution in [0.4, 0.5) is 4.79 Å². The van der Waals surface area contributed by atoms with Gasteiger partial charge in [0.2, 0.25) is 0 Å². The van der Waals surface area contributed by atoms with Gasteiger partial charge in [-0.05, 0) is 62.2 Å². The Balaban J connectivity index is 1.54. The first-order chi connectivity index (χ1) is 11.1. The molecule has 4 rings (SSSR count). The third-order valence-electron chi connectivity index (χ3n) is 6.14. The van der Waals surface area contributed by atoms with Gasteiger partial charge in [-0.15, -0.1) is 0 Å². The second-order valence-electron chi connectivity index (χ2n) is 7.30. The fourth-order valence-corrected chi connectivity index (χ4v) is 5.37. The molecule has 0 aromatic carbocycles. The molecule has 0 radical (unpaired) electrons. The summed E-state index contributed by atoms with van der Waals surface area (Å²) in [4.78, 5) is 23.2. The van der Waals surface area contributed by atoms with E-state index in [1.807, 2.05) is 0 Å². The zero-order chi connectivity index (χ0) is 16.4. The Morgan fingerprint density at radius 1 is 1.17 bits per heavy atom. The molecule has 0 aliphatic heterocycles. The lowest BCUT2D eigenvalue weighted by molar-refractivity contribution is -0.174. The maximum Gasteiger partial charge on any atom is 0.407 e. The third-order valence-corrected chi connectivity index (χ3v) is 6.14. The van der Waals surface area contributed by atoms with Gasteiger partial charge in [-0.2, -0.15) is 0 Å². The van der Waals surface area contributed by atoms with Crippen LogP contribution in [0.5, 0.6) is 0 Å². The summed E-state index contributed by atoms with van der Waals surface area (Å²) in [6, 6.07) is 0. The highest BCUT2D eigenvalue weighted by molar-refractivity contribution is 5.81. The van der Waals surface area contributed by atoms with Gasteiger partial charge in [-0.3, -0.25) is 0 Å². The fourth-order valence-electron chi connectivity index (χ4n) is 5.37. The van der Waals surface area contributed by atoms with Gasteiger partial charge in [0.1, 0.15) is 12.2 Å². The lowest BCUT2D eigenvalue weighted by Crippen LogP contribution is -2.60. The molecule has 0 aromatic heterocycles. The van der Waals surface area contributed by atoms with Crippen molar-refractivity contribution in [3.8, 4) is 0 Å². The molecule has 4 aliphatic carbocycles. The Kier molecular flexibility index (Phi) is 4.64. The van der Waals surface area contributed by atoms with E-state index < -0.39 is 5.97 Å². The Labute approximate surface area is 137 Å². The molecule has 0 spiro atoms. The van der Waals surface area contributed by atoms with Crippen molar-refractivity contribution < 1.29 is 19.1 Å². The van der Waals surface area contributed by atoms with E-state index in [0.717, 1.165) is 24.3 Å². The Morgan fingerprint density at radius 3 is 2.30 bits per heavy atom. The van der Waals surface area contributed by atoms with Gasteiger partial charge in [0, 0.05) is 6.08 Å². The number of hydrogen-bond donors (Lipinski definition) is 1. The van der Waals surface area contributed by atoms with Crippen LogP contribution in [0.1, 0.15) is 45.4 Å². The van der Waals surface area contributed by atoms with Gasteiger partial charge in [-0.1, -0.05) is 13.5 Å². The lowest BCUT2D eigenvalue weighted by Gasteiger charge is -2.60. The molecule has 5 nitrogen and oxygen atoms in total.